The van der Waals surface area contributed by atoms with Crippen molar-refractivity contribution in [2.24, 2.45) is 50.2 Å². The lowest BCUT2D eigenvalue weighted by Crippen LogP contribution is -2.68. The van der Waals surface area contributed by atoms with E-state index in [1.165, 1.54) is 12.5 Å². The number of aliphatic hydroxyl groups is 13. The van der Waals surface area contributed by atoms with Crippen LogP contribution in [-0.2, 0) is 47.5 Å². The van der Waals surface area contributed by atoms with Crippen molar-refractivity contribution >= 4 is 11.9 Å². The van der Waals surface area contributed by atoms with Gasteiger partial charge in [0, 0.05) is 5.41 Å². The van der Waals surface area contributed by atoms with Gasteiger partial charge >= 0.3 is 11.9 Å². The van der Waals surface area contributed by atoms with E-state index in [2.05, 4.69) is 40.7 Å². The van der Waals surface area contributed by atoms with Gasteiger partial charge in [0.15, 0.2) is 25.0 Å². The molecule has 0 amide bonds. The van der Waals surface area contributed by atoms with Crippen molar-refractivity contribution < 1.29 is 119 Å². The highest BCUT2D eigenvalue weighted by Crippen LogP contribution is 2.76. The number of carbonyl (C=O) groups excluding carboxylic acids is 1. The van der Waals surface area contributed by atoms with E-state index in [-0.39, 0.29) is 35.2 Å². The summed E-state index contributed by atoms with van der Waals surface area (Å²) in [5.41, 5.74) is -2.05. The summed E-state index contributed by atoms with van der Waals surface area (Å²) >= 11 is 0. The molecule has 24 heteroatoms. The zero-order chi connectivity index (χ0) is 57.1. The second kappa shape index (κ2) is 21.8. The van der Waals surface area contributed by atoms with Crippen molar-refractivity contribution in [1.29, 1.82) is 0 Å². The smallest absolute Gasteiger partial charge is 0.335 e. The summed E-state index contributed by atoms with van der Waals surface area (Å²) in [5, 5.41) is 151. The fourth-order valence-electron chi connectivity index (χ4n) is 16.5. The summed E-state index contributed by atoms with van der Waals surface area (Å²) in [4.78, 5) is 27.5. The maximum atomic E-state index is 14.8. The van der Waals surface area contributed by atoms with E-state index >= 15 is 0 Å². The van der Waals surface area contributed by atoms with Gasteiger partial charge < -0.3 is 109 Å². The van der Waals surface area contributed by atoms with Crippen LogP contribution in [0.25, 0.3) is 0 Å². The number of aliphatic carboxylic acids is 1. The first kappa shape index (κ1) is 60.5. The molecule has 14 N–H and O–H groups in total. The molecule has 8 fully saturated rings. The van der Waals surface area contributed by atoms with Gasteiger partial charge in [0.25, 0.3) is 0 Å². The minimum atomic E-state index is -2.12. The van der Waals surface area contributed by atoms with Gasteiger partial charge in [-0.25, -0.2) is 4.79 Å². The van der Waals surface area contributed by atoms with Crippen LogP contribution in [0.1, 0.15) is 113 Å². The van der Waals surface area contributed by atoms with Crippen LogP contribution in [0.2, 0.25) is 0 Å². The Morgan fingerprint density at radius 1 is 0.590 bits per heavy atom. The SMILES string of the molecule is CC1OC(OC2C(O)C(CO)OC(OC3C(O)C(OC4CCC5(C)C(CCC6(C)C5CC=C5C7CC(C)(C)CCC7(C(=O)OC7OC(CO)C(O)C(O)C7O)CCC56C)C4(C)CO)OC(C(=O)O)C3O)C2O)C(O)C(O)C1O. The third-order valence-electron chi connectivity index (χ3n) is 21.5. The Morgan fingerprint density at radius 3 is 1.78 bits per heavy atom. The maximum Gasteiger partial charge on any atom is 0.335 e. The number of fused-ring (bicyclic) bond motifs is 7. The molecule has 78 heavy (non-hydrogen) atoms. The van der Waals surface area contributed by atoms with E-state index in [9.17, 15) is 81.1 Å². The lowest BCUT2D eigenvalue weighted by Gasteiger charge is -2.71. The molecule has 4 saturated heterocycles. The standard InChI is InChI=1S/C54H86O24/c1-22-30(58)33(61)35(63)44(71-22)75-40-32(60)26(20-56)73-46(38(40)66)76-41-37(65)42(43(68)69)77-47(39(41)67)74-29-11-12-50(4)27(51(29,5)21-57)10-13-53(7)28(50)9-8-23-24-18-49(2,3)14-16-54(24,17-15-52(23,53)6)48(70)78-45-36(64)34(62)31(59)25(19-55)72-45/h8,22,24-42,44-47,55-67H,9-21H2,1-7H3,(H,68,69). The Morgan fingerprint density at radius 2 is 1.15 bits per heavy atom. The summed E-state index contributed by atoms with van der Waals surface area (Å²) in [5.74, 6) is -2.56. The lowest BCUT2D eigenvalue weighted by molar-refractivity contribution is -0.382. The lowest BCUT2D eigenvalue weighted by atomic mass is 9.33. The molecule has 0 bridgehead atoms. The van der Waals surface area contributed by atoms with Crippen LogP contribution in [0.4, 0.5) is 0 Å². The molecule has 5 aliphatic carbocycles. The van der Waals surface area contributed by atoms with Crippen molar-refractivity contribution in [2.75, 3.05) is 19.8 Å². The zero-order valence-corrected chi connectivity index (χ0v) is 45.5. The first-order chi connectivity index (χ1) is 36.5. The van der Waals surface area contributed by atoms with Crippen LogP contribution in [0.3, 0.4) is 0 Å². The number of carboxylic acids is 1. The normalized spacial score (nSPS) is 54.1. The fourth-order valence-corrected chi connectivity index (χ4v) is 16.5. The fraction of sp³-hybridized carbons (Fsp3) is 0.926. The van der Waals surface area contributed by atoms with Crippen molar-refractivity contribution in [3.8, 4) is 0 Å². The molecule has 29 unspecified atom stereocenters. The summed E-state index contributed by atoms with van der Waals surface area (Å²) in [6, 6.07) is 0. The predicted octanol–water partition coefficient (Wildman–Crippen LogP) is -1.94. The molecular formula is C54H86O24. The highest BCUT2D eigenvalue weighted by molar-refractivity contribution is 5.79. The van der Waals surface area contributed by atoms with E-state index in [0.29, 0.717) is 51.4 Å². The van der Waals surface area contributed by atoms with E-state index in [1.54, 1.807) is 0 Å². The van der Waals surface area contributed by atoms with Gasteiger partial charge in [0.1, 0.15) is 85.5 Å². The average Bonchev–Trinajstić information content (AvgIpc) is 3.56. The maximum absolute atomic E-state index is 14.8. The van der Waals surface area contributed by atoms with Crippen LogP contribution in [0.15, 0.2) is 11.6 Å². The minimum absolute atomic E-state index is 0.0688. The molecule has 0 spiro atoms. The Kier molecular flexibility index (Phi) is 16.9. The molecule has 0 aromatic heterocycles. The van der Waals surface area contributed by atoms with E-state index in [0.717, 1.165) is 12.8 Å². The van der Waals surface area contributed by atoms with Crippen LogP contribution < -0.4 is 0 Å². The van der Waals surface area contributed by atoms with Gasteiger partial charge in [-0.2, -0.15) is 0 Å². The number of allylic oxidation sites excluding steroid dienone is 2. The molecule has 29 atom stereocenters. The molecule has 0 aromatic rings. The number of hydrogen-bond donors (Lipinski definition) is 14. The largest absolute Gasteiger partial charge is 0.479 e. The number of aliphatic hydroxyl groups excluding tert-OH is 13. The Labute approximate surface area is 453 Å². The Bertz CT molecular complexity index is 2200. The summed E-state index contributed by atoms with van der Waals surface area (Å²) in [6.45, 7) is 12.7. The van der Waals surface area contributed by atoms with Gasteiger partial charge in [-0.15, -0.1) is 0 Å². The van der Waals surface area contributed by atoms with Gasteiger partial charge in [-0.05, 0) is 111 Å². The molecule has 4 heterocycles. The molecule has 4 aliphatic heterocycles. The molecular weight excluding hydrogens is 1030 g/mol. The first-order valence-corrected chi connectivity index (χ1v) is 27.8. The number of carbonyl (C=O) groups is 2. The topological polar surface area (TPSA) is 391 Å². The van der Waals surface area contributed by atoms with E-state index in [4.69, 9.17) is 37.9 Å². The van der Waals surface area contributed by atoms with Crippen molar-refractivity contribution in [3.05, 3.63) is 11.6 Å². The van der Waals surface area contributed by atoms with Gasteiger partial charge in [0.2, 0.25) is 6.29 Å². The van der Waals surface area contributed by atoms with Crippen LogP contribution in [0, 0.1) is 50.2 Å². The van der Waals surface area contributed by atoms with E-state index in [1.807, 2.05) is 6.92 Å². The molecule has 9 aliphatic rings. The van der Waals surface area contributed by atoms with Crippen LogP contribution >= 0.6 is 0 Å². The average molecular weight is 1120 g/mol. The molecule has 4 saturated carbocycles. The second-order valence-corrected chi connectivity index (χ2v) is 26.1. The highest BCUT2D eigenvalue weighted by Gasteiger charge is 2.71. The molecule has 0 radical (unpaired) electrons. The third-order valence-corrected chi connectivity index (χ3v) is 21.5. The molecule has 24 nitrogen and oxygen atoms in total. The number of esters is 1. The third kappa shape index (κ3) is 9.63. The summed E-state index contributed by atoms with van der Waals surface area (Å²) in [6.07, 6.45) is -27.4. The van der Waals surface area contributed by atoms with Crippen molar-refractivity contribution in [2.45, 2.75) is 242 Å². The van der Waals surface area contributed by atoms with Crippen LogP contribution in [-0.4, -0.2) is 232 Å². The molecule has 9 rings (SSSR count). The number of ether oxygens (including phenoxy) is 8. The van der Waals surface area contributed by atoms with Gasteiger partial charge in [0.05, 0.1) is 37.4 Å². The van der Waals surface area contributed by atoms with Crippen LogP contribution in [0.5, 0.6) is 0 Å². The quantitative estimate of drug-likeness (QED) is 0.0574. The summed E-state index contributed by atoms with van der Waals surface area (Å²) in [7, 11) is 0. The predicted molar refractivity (Wildman–Crippen MR) is 263 cm³/mol. The van der Waals surface area contributed by atoms with Crippen molar-refractivity contribution in [3.63, 3.8) is 0 Å². The Balaban J connectivity index is 0.942. The zero-order valence-electron chi connectivity index (χ0n) is 45.5. The van der Waals surface area contributed by atoms with Gasteiger partial charge in [-0.3, -0.25) is 4.79 Å². The number of rotatable bonds is 12. The van der Waals surface area contributed by atoms with Crippen molar-refractivity contribution in [1.82, 2.24) is 0 Å². The number of carboxylic acid groups (broad SMARTS) is 1. The first-order valence-electron chi connectivity index (χ1n) is 27.8. The monoisotopic (exact) mass is 1120 g/mol. The summed E-state index contributed by atoms with van der Waals surface area (Å²) < 4.78 is 46.9. The highest BCUT2D eigenvalue weighted by atomic mass is 16.8. The number of hydrogen-bond acceptors (Lipinski definition) is 23. The minimum Gasteiger partial charge on any atom is -0.479 e. The second-order valence-electron chi connectivity index (χ2n) is 26.1. The molecule has 0 aromatic carbocycles. The Hall–Kier alpha value is -2.12. The van der Waals surface area contributed by atoms with E-state index < -0.39 is 176 Å². The molecule has 446 valence electrons. The van der Waals surface area contributed by atoms with Gasteiger partial charge in [-0.1, -0.05) is 53.2 Å².